The first-order valence-electron chi connectivity index (χ1n) is 15.5. The van der Waals surface area contributed by atoms with Crippen molar-refractivity contribution >= 4 is 39.7 Å². The zero-order chi connectivity index (χ0) is 33.2. The lowest BCUT2D eigenvalue weighted by molar-refractivity contribution is -0.0575. The van der Waals surface area contributed by atoms with Crippen LogP contribution in [0, 0.1) is 5.41 Å². The number of urea groups is 1. The number of fused-ring (bicyclic) bond motifs is 1. The van der Waals surface area contributed by atoms with Gasteiger partial charge in [-0.3, -0.25) is 4.90 Å². The van der Waals surface area contributed by atoms with E-state index >= 15 is 4.79 Å². The van der Waals surface area contributed by atoms with Gasteiger partial charge in [-0.25, -0.2) is 14.7 Å². The summed E-state index contributed by atoms with van der Waals surface area (Å²) in [4.78, 5) is 28.5. The van der Waals surface area contributed by atoms with Gasteiger partial charge in [0.2, 0.25) is 16.4 Å². The molecule has 2 amide bonds. The van der Waals surface area contributed by atoms with Gasteiger partial charge in [-0.05, 0) is 47.4 Å². The van der Waals surface area contributed by atoms with Crippen molar-refractivity contribution in [1.29, 1.82) is 0 Å². The van der Waals surface area contributed by atoms with E-state index in [9.17, 15) is 0 Å². The van der Waals surface area contributed by atoms with E-state index in [0.717, 1.165) is 22.4 Å². The Morgan fingerprint density at radius 1 is 0.787 bits per heavy atom. The van der Waals surface area contributed by atoms with Crippen LogP contribution in [-0.4, -0.2) is 33.6 Å². The summed E-state index contributed by atoms with van der Waals surface area (Å²) in [6.07, 6.45) is 1.78. The third kappa shape index (κ3) is 5.45. The van der Waals surface area contributed by atoms with Gasteiger partial charge in [0.05, 0.1) is 13.7 Å². The molecule has 0 spiro atoms. The maximum atomic E-state index is 15.3. The molecule has 0 saturated carbocycles. The van der Waals surface area contributed by atoms with E-state index < -0.39 is 16.6 Å². The zero-order valence-electron chi connectivity index (χ0n) is 27.3. The molecule has 0 fully saturated rings. The second-order valence-corrected chi connectivity index (χ2v) is 13.0. The van der Waals surface area contributed by atoms with Crippen molar-refractivity contribution in [1.82, 2.24) is 9.97 Å². The molecule has 9 heteroatoms. The number of amides is 2. The standard InChI is InChI=1S/C38H38N5O3Si/c1-36(2,3)37(4,28-15-9-6-10-16-28)38(46-47,29-17-11-7-12-18-29)43-33-27(25-39-34(41-33)40-30-19-13-8-14-20-30)26-42(35(43)44)31-21-23-32(45-5)24-22-31/h6-25H,26H2,1-5H3,(H,39,40,41). The topological polar surface area (TPSA) is 79.8 Å². The predicted octanol–water partition coefficient (Wildman–Crippen LogP) is 8.13. The number of aromatic nitrogens is 2. The SMILES string of the molecule is COc1ccc(N2Cc3cnc(Nc4ccccc4)nc3N(C(O[Si])(c3ccccc3)C(C)(c3ccccc3)C(C)(C)C)C2=O)cc1. The van der Waals surface area contributed by atoms with E-state index in [1.165, 1.54) is 0 Å². The van der Waals surface area contributed by atoms with E-state index in [1.54, 1.807) is 23.1 Å². The first-order valence-corrected chi connectivity index (χ1v) is 15.9. The highest BCUT2D eigenvalue weighted by atomic mass is 28.2. The fourth-order valence-electron chi connectivity index (χ4n) is 6.53. The maximum Gasteiger partial charge on any atom is 0.333 e. The summed E-state index contributed by atoms with van der Waals surface area (Å²) in [6, 6.07) is 36.9. The molecule has 1 aromatic heterocycles. The van der Waals surface area contributed by atoms with Crippen LogP contribution in [0.4, 0.5) is 27.9 Å². The Morgan fingerprint density at radius 2 is 1.36 bits per heavy atom. The number of rotatable bonds is 9. The molecule has 8 nitrogen and oxygen atoms in total. The Kier molecular flexibility index (Phi) is 8.61. The lowest BCUT2D eigenvalue weighted by Crippen LogP contribution is -2.69. The monoisotopic (exact) mass is 640 g/mol. The summed E-state index contributed by atoms with van der Waals surface area (Å²) in [5, 5.41) is 3.31. The number of hydrogen-bond donors (Lipinski definition) is 1. The molecule has 1 aliphatic rings. The lowest BCUT2D eigenvalue weighted by atomic mass is 9.56. The minimum atomic E-state index is -1.47. The fraction of sp³-hybridized carbons (Fsp3) is 0.237. The number of ether oxygens (including phenoxy) is 1. The normalized spacial score (nSPS) is 15.7. The quantitative estimate of drug-likeness (QED) is 0.164. The Balaban J connectivity index is 1.66. The predicted molar refractivity (Wildman–Crippen MR) is 187 cm³/mol. The third-order valence-electron chi connectivity index (χ3n) is 9.37. The number of benzene rings is 4. The van der Waals surface area contributed by atoms with Crippen molar-refractivity contribution < 1.29 is 14.0 Å². The van der Waals surface area contributed by atoms with Crippen LogP contribution in [0.5, 0.6) is 5.75 Å². The molecule has 0 aliphatic carbocycles. The molecule has 1 N–H and O–H groups in total. The number of hydrogen-bond acceptors (Lipinski definition) is 6. The van der Waals surface area contributed by atoms with Gasteiger partial charge < -0.3 is 14.5 Å². The largest absolute Gasteiger partial charge is 0.497 e. The summed E-state index contributed by atoms with van der Waals surface area (Å²) in [5.74, 6) is 1.50. The van der Waals surface area contributed by atoms with Crippen LogP contribution in [0.25, 0.3) is 0 Å². The molecule has 2 unspecified atom stereocenters. The van der Waals surface area contributed by atoms with Crippen molar-refractivity contribution in [3.8, 4) is 5.75 Å². The average Bonchev–Trinajstić information content (AvgIpc) is 3.10. The van der Waals surface area contributed by atoms with E-state index in [4.69, 9.17) is 19.1 Å². The van der Waals surface area contributed by atoms with Crippen LogP contribution < -0.4 is 19.9 Å². The molecule has 1 aliphatic heterocycles. The number of nitrogens with one attached hydrogen (secondary N) is 1. The molecule has 0 bridgehead atoms. The van der Waals surface area contributed by atoms with Gasteiger partial charge in [-0.15, -0.1) is 0 Å². The molecule has 5 aromatic rings. The number of methoxy groups -OCH3 is 1. The molecular weight excluding hydrogens is 603 g/mol. The average molecular weight is 641 g/mol. The van der Waals surface area contributed by atoms with Crippen molar-refractivity contribution in [3.05, 3.63) is 138 Å². The molecular formula is C38H38N5O3Si. The molecule has 237 valence electrons. The van der Waals surface area contributed by atoms with Crippen LogP contribution >= 0.6 is 0 Å². The Morgan fingerprint density at radius 3 is 1.91 bits per heavy atom. The first-order chi connectivity index (χ1) is 22.6. The van der Waals surface area contributed by atoms with Crippen LogP contribution in [-0.2, 0) is 22.1 Å². The van der Waals surface area contributed by atoms with Crippen LogP contribution in [0.2, 0.25) is 0 Å². The van der Waals surface area contributed by atoms with Crippen LogP contribution in [0.1, 0.15) is 44.4 Å². The number of anilines is 4. The van der Waals surface area contributed by atoms with Gasteiger partial charge in [0.25, 0.3) is 0 Å². The summed E-state index contributed by atoms with van der Waals surface area (Å²) in [7, 11) is 5.22. The molecule has 47 heavy (non-hydrogen) atoms. The highest BCUT2D eigenvalue weighted by Gasteiger charge is 2.63. The zero-order valence-corrected chi connectivity index (χ0v) is 28.3. The number of carbonyl (C=O) groups excluding carboxylic acids is 1. The van der Waals surface area contributed by atoms with Crippen LogP contribution in [0.3, 0.4) is 0 Å². The Labute approximate surface area is 279 Å². The van der Waals surface area contributed by atoms with Crippen molar-refractivity contribution in [2.24, 2.45) is 5.41 Å². The lowest BCUT2D eigenvalue weighted by Gasteiger charge is -2.60. The third-order valence-corrected chi connectivity index (χ3v) is 9.67. The van der Waals surface area contributed by atoms with Gasteiger partial charge in [0, 0.05) is 34.1 Å². The van der Waals surface area contributed by atoms with Gasteiger partial charge in [-0.1, -0.05) is 107 Å². The Hall–Kier alpha value is -4.99. The van der Waals surface area contributed by atoms with E-state index in [-0.39, 0.29) is 12.6 Å². The van der Waals surface area contributed by atoms with E-state index in [0.29, 0.717) is 23.2 Å². The Bertz CT molecular complexity index is 1840. The minimum absolute atomic E-state index is 0.257. The number of para-hydroxylation sites is 1. The smallest absolute Gasteiger partial charge is 0.333 e. The molecule has 2 atom stereocenters. The maximum absolute atomic E-state index is 15.3. The molecule has 0 saturated heterocycles. The van der Waals surface area contributed by atoms with Crippen molar-refractivity contribution in [2.45, 2.75) is 45.4 Å². The minimum Gasteiger partial charge on any atom is -0.497 e. The molecule has 3 radical (unpaired) electrons. The summed E-state index contributed by atoms with van der Waals surface area (Å²) >= 11 is 0. The number of nitrogens with zero attached hydrogens (tertiary/aromatic N) is 4. The highest BCUT2D eigenvalue weighted by Crippen LogP contribution is 2.58. The van der Waals surface area contributed by atoms with Gasteiger partial charge in [0.15, 0.2) is 5.72 Å². The first kappa shape index (κ1) is 32.0. The highest BCUT2D eigenvalue weighted by molar-refractivity contribution is 6.08. The van der Waals surface area contributed by atoms with Gasteiger partial charge >= 0.3 is 6.03 Å². The second kappa shape index (κ2) is 12.7. The van der Waals surface area contributed by atoms with Crippen molar-refractivity contribution in [3.63, 3.8) is 0 Å². The van der Waals surface area contributed by atoms with E-state index in [1.807, 2.05) is 103 Å². The van der Waals surface area contributed by atoms with Gasteiger partial charge in [-0.2, -0.15) is 4.98 Å². The summed E-state index contributed by atoms with van der Waals surface area (Å²) in [5.41, 5.74) is 1.22. The second-order valence-electron chi connectivity index (χ2n) is 12.8. The molecule has 6 rings (SSSR count). The van der Waals surface area contributed by atoms with E-state index in [2.05, 4.69) is 55.6 Å². The van der Waals surface area contributed by atoms with Crippen LogP contribution in [0.15, 0.2) is 121 Å². The molecule has 2 heterocycles. The fourth-order valence-corrected chi connectivity index (χ4v) is 6.94. The molecule has 4 aromatic carbocycles. The van der Waals surface area contributed by atoms with Gasteiger partial charge in [0.1, 0.15) is 11.6 Å². The van der Waals surface area contributed by atoms with Crippen molar-refractivity contribution in [2.75, 3.05) is 22.2 Å². The number of carbonyl (C=O) groups is 1. The summed E-state index contributed by atoms with van der Waals surface area (Å²) in [6.45, 7) is 8.91. The summed E-state index contributed by atoms with van der Waals surface area (Å²) < 4.78 is 12.1.